The lowest BCUT2D eigenvalue weighted by Gasteiger charge is -2.25. The molecule has 0 bridgehead atoms. The Bertz CT molecular complexity index is 551. The van der Waals surface area contributed by atoms with Crippen LogP contribution in [0.1, 0.15) is 49.9 Å². The number of aromatic hydroxyl groups is 1. The number of nitrogens with one attached hydrogen (secondary N) is 1. The first-order valence-electron chi connectivity index (χ1n) is 7.01. The lowest BCUT2D eigenvalue weighted by atomic mass is 9.94. The number of alkyl carbamates (subject to hydrolysis) is 1. The Balaban J connectivity index is 3.09. The van der Waals surface area contributed by atoms with Gasteiger partial charge >= 0.3 is 12.1 Å². The number of benzene rings is 1. The summed E-state index contributed by atoms with van der Waals surface area (Å²) in [4.78, 5) is 23.0. The number of hydrogen-bond acceptors (Lipinski definition) is 4. The molecule has 0 heterocycles. The van der Waals surface area contributed by atoms with Gasteiger partial charge in [-0.2, -0.15) is 0 Å². The Labute approximate surface area is 130 Å². The Morgan fingerprint density at radius 3 is 2.14 bits per heavy atom. The van der Waals surface area contributed by atoms with E-state index in [-0.39, 0.29) is 12.2 Å². The van der Waals surface area contributed by atoms with E-state index < -0.39 is 23.7 Å². The summed E-state index contributed by atoms with van der Waals surface area (Å²) < 4.78 is 5.18. The van der Waals surface area contributed by atoms with E-state index in [1.807, 2.05) is 0 Å². The fraction of sp³-hybridized carbons (Fsp3) is 0.500. The molecule has 0 aliphatic carbocycles. The van der Waals surface area contributed by atoms with Gasteiger partial charge in [-0.3, -0.25) is 4.79 Å². The van der Waals surface area contributed by atoms with E-state index >= 15 is 0 Å². The summed E-state index contributed by atoms with van der Waals surface area (Å²) in [6.07, 6.45) is -0.947. The summed E-state index contributed by atoms with van der Waals surface area (Å²) in [6, 6.07) is 2.34. The number of carboxylic acids is 1. The number of carbonyl (C=O) groups is 2. The maximum atomic E-state index is 11.9. The van der Waals surface area contributed by atoms with Gasteiger partial charge < -0.3 is 20.3 Å². The zero-order chi connectivity index (χ0) is 17.1. The molecule has 6 nitrogen and oxygen atoms in total. The molecule has 22 heavy (non-hydrogen) atoms. The van der Waals surface area contributed by atoms with Crippen molar-refractivity contribution in [2.24, 2.45) is 0 Å². The van der Waals surface area contributed by atoms with E-state index in [2.05, 4.69) is 5.32 Å². The fourth-order valence-electron chi connectivity index (χ4n) is 2.35. The van der Waals surface area contributed by atoms with Crippen LogP contribution in [0.2, 0.25) is 0 Å². The number of rotatable bonds is 4. The first-order valence-corrected chi connectivity index (χ1v) is 7.01. The van der Waals surface area contributed by atoms with Crippen molar-refractivity contribution in [2.75, 3.05) is 0 Å². The topological polar surface area (TPSA) is 95.9 Å². The van der Waals surface area contributed by atoms with Crippen molar-refractivity contribution in [3.8, 4) is 5.75 Å². The molecule has 1 amide bonds. The maximum absolute atomic E-state index is 11.9. The molecule has 1 aromatic rings. The Morgan fingerprint density at radius 1 is 1.23 bits per heavy atom. The molecule has 0 aromatic heterocycles. The molecule has 1 unspecified atom stereocenters. The first kappa shape index (κ1) is 17.8. The maximum Gasteiger partial charge on any atom is 0.408 e. The number of hydrogen-bond donors (Lipinski definition) is 3. The molecule has 0 fully saturated rings. The number of aryl methyl sites for hydroxylation is 2. The second-order valence-corrected chi connectivity index (χ2v) is 6.29. The zero-order valence-corrected chi connectivity index (χ0v) is 13.6. The van der Waals surface area contributed by atoms with Crippen molar-refractivity contribution < 1.29 is 24.5 Å². The van der Waals surface area contributed by atoms with Crippen molar-refractivity contribution in [1.82, 2.24) is 5.32 Å². The van der Waals surface area contributed by atoms with Crippen LogP contribution in [0.3, 0.4) is 0 Å². The highest BCUT2D eigenvalue weighted by atomic mass is 16.6. The number of amides is 1. The van der Waals surface area contributed by atoms with E-state index in [1.54, 1.807) is 34.6 Å². The Kier molecular flexibility index (Phi) is 5.41. The van der Waals surface area contributed by atoms with Gasteiger partial charge in [0.1, 0.15) is 11.4 Å². The van der Waals surface area contributed by atoms with Gasteiger partial charge in [0.2, 0.25) is 0 Å². The van der Waals surface area contributed by atoms with Crippen LogP contribution in [0.25, 0.3) is 0 Å². The largest absolute Gasteiger partial charge is 0.508 e. The molecule has 0 aliphatic heterocycles. The minimum absolute atomic E-state index is 0.102. The summed E-state index contributed by atoms with van der Waals surface area (Å²) >= 11 is 0. The van der Waals surface area contributed by atoms with Crippen molar-refractivity contribution in [2.45, 2.75) is 52.7 Å². The smallest absolute Gasteiger partial charge is 0.408 e. The highest BCUT2D eigenvalue weighted by Gasteiger charge is 2.25. The van der Waals surface area contributed by atoms with Gasteiger partial charge in [0.05, 0.1) is 12.5 Å². The van der Waals surface area contributed by atoms with Gasteiger partial charge in [-0.25, -0.2) is 4.79 Å². The Hall–Kier alpha value is -2.24. The van der Waals surface area contributed by atoms with Gasteiger partial charge in [0.25, 0.3) is 0 Å². The van der Waals surface area contributed by atoms with Crippen LogP contribution in [0.5, 0.6) is 5.75 Å². The number of aliphatic carboxylic acids is 1. The van der Waals surface area contributed by atoms with Gasteiger partial charge in [0, 0.05) is 0 Å². The summed E-state index contributed by atoms with van der Waals surface area (Å²) in [5.74, 6) is -0.932. The molecular weight excluding hydrogens is 286 g/mol. The van der Waals surface area contributed by atoms with E-state index in [0.29, 0.717) is 16.7 Å². The van der Waals surface area contributed by atoms with Crippen molar-refractivity contribution in [3.63, 3.8) is 0 Å². The average Bonchev–Trinajstić information content (AvgIpc) is 2.22. The number of carbonyl (C=O) groups excluding carboxylic acids is 1. The molecule has 0 radical (unpaired) electrons. The van der Waals surface area contributed by atoms with Crippen LogP contribution in [0.15, 0.2) is 12.1 Å². The Morgan fingerprint density at radius 2 is 1.73 bits per heavy atom. The van der Waals surface area contributed by atoms with E-state index in [4.69, 9.17) is 9.84 Å². The van der Waals surface area contributed by atoms with Crippen LogP contribution in [-0.2, 0) is 9.53 Å². The van der Waals surface area contributed by atoms with Crippen molar-refractivity contribution in [1.29, 1.82) is 0 Å². The van der Waals surface area contributed by atoms with E-state index in [0.717, 1.165) is 0 Å². The van der Waals surface area contributed by atoms with Gasteiger partial charge in [-0.05, 0) is 63.4 Å². The average molecular weight is 309 g/mol. The summed E-state index contributed by atoms with van der Waals surface area (Å²) in [5, 5.41) is 21.3. The molecular formula is C16H23NO5. The number of phenols is 1. The number of carboxylic acid groups (broad SMARTS) is 1. The molecule has 122 valence electrons. The predicted octanol–water partition coefficient (Wildman–Crippen LogP) is 3.05. The van der Waals surface area contributed by atoms with Gasteiger partial charge in [-0.15, -0.1) is 0 Å². The molecule has 0 saturated carbocycles. The lowest BCUT2D eigenvalue weighted by molar-refractivity contribution is -0.137. The first-order chi connectivity index (χ1) is 9.99. The molecule has 0 saturated heterocycles. The van der Waals surface area contributed by atoms with Crippen LogP contribution in [0.4, 0.5) is 4.79 Å². The second-order valence-electron chi connectivity index (χ2n) is 6.29. The third-order valence-corrected chi connectivity index (χ3v) is 3.00. The monoisotopic (exact) mass is 309 g/mol. The molecule has 1 rings (SSSR count). The minimum Gasteiger partial charge on any atom is -0.508 e. The molecule has 1 atom stereocenters. The third-order valence-electron chi connectivity index (χ3n) is 3.00. The highest BCUT2D eigenvalue weighted by molar-refractivity contribution is 5.72. The van der Waals surface area contributed by atoms with E-state index in [9.17, 15) is 14.7 Å². The second kappa shape index (κ2) is 6.68. The summed E-state index contributed by atoms with van der Waals surface area (Å²) in [6.45, 7) is 8.71. The summed E-state index contributed by atoms with van der Waals surface area (Å²) in [7, 11) is 0. The predicted molar refractivity (Wildman–Crippen MR) is 81.9 cm³/mol. The fourth-order valence-corrected chi connectivity index (χ4v) is 2.35. The zero-order valence-electron chi connectivity index (χ0n) is 13.6. The van der Waals surface area contributed by atoms with E-state index in [1.165, 1.54) is 12.1 Å². The standard InChI is InChI=1S/C16H23NO5/c1-9-6-11(18)7-10(2)14(9)12(8-13(19)20)17-15(21)22-16(3,4)5/h6-7,12,18H,8H2,1-5H3,(H,17,21)(H,19,20). The lowest BCUT2D eigenvalue weighted by Crippen LogP contribution is -2.36. The van der Waals surface area contributed by atoms with Crippen LogP contribution in [0, 0.1) is 13.8 Å². The highest BCUT2D eigenvalue weighted by Crippen LogP contribution is 2.28. The minimum atomic E-state index is -1.03. The van der Waals surface area contributed by atoms with Gasteiger partial charge in [-0.1, -0.05) is 0 Å². The number of phenolic OH excluding ortho intramolecular Hbond substituents is 1. The van der Waals surface area contributed by atoms with Gasteiger partial charge in [0.15, 0.2) is 0 Å². The van der Waals surface area contributed by atoms with Crippen LogP contribution >= 0.6 is 0 Å². The molecule has 0 aliphatic rings. The number of ether oxygens (including phenoxy) is 1. The summed E-state index contributed by atoms with van der Waals surface area (Å²) in [5.41, 5.74) is 1.42. The van der Waals surface area contributed by atoms with Crippen molar-refractivity contribution in [3.05, 3.63) is 28.8 Å². The molecule has 1 aromatic carbocycles. The molecule has 0 spiro atoms. The molecule has 3 N–H and O–H groups in total. The SMILES string of the molecule is Cc1cc(O)cc(C)c1C(CC(=O)O)NC(=O)OC(C)(C)C. The quantitative estimate of drug-likeness (QED) is 0.794. The van der Waals surface area contributed by atoms with Crippen LogP contribution in [-0.4, -0.2) is 27.9 Å². The molecule has 6 heteroatoms. The third kappa shape index (κ3) is 5.27. The van der Waals surface area contributed by atoms with Crippen molar-refractivity contribution >= 4 is 12.1 Å². The normalized spacial score (nSPS) is 12.6. The van der Waals surface area contributed by atoms with Crippen LogP contribution < -0.4 is 5.32 Å².